The van der Waals surface area contributed by atoms with E-state index in [-0.39, 0.29) is 5.25 Å². The van der Waals surface area contributed by atoms with Crippen LogP contribution in [0.1, 0.15) is 25.7 Å². The van der Waals surface area contributed by atoms with Gasteiger partial charge in [-0.3, -0.25) is 0 Å². The first-order valence-corrected chi connectivity index (χ1v) is 8.11. The average Bonchev–Trinajstić information content (AvgIpc) is 2.29. The number of piperidine rings is 2. The van der Waals surface area contributed by atoms with E-state index in [2.05, 4.69) is 10.2 Å². The fraction of sp³-hybridized carbons (Fsp3) is 1.00. The van der Waals surface area contributed by atoms with E-state index in [1.54, 1.807) is 0 Å². The molecule has 2 saturated heterocycles. The van der Waals surface area contributed by atoms with Gasteiger partial charge in [-0.2, -0.15) is 0 Å². The lowest BCUT2D eigenvalue weighted by atomic mass is 9.96. The summed E-state index contributed by atoms with van der Waals surface area (Å²) in [4.78, 5) is 2.29. The molecule has 3 N–H and O–H groups in total. The lowest BCUT2D eigenvalue weighted by Gasteiger charge is -2.35. The molecular weight excluding hydrogens is 238 g/mol. The molecule has 100 valence electrons. The van der Waals surface area contributed by atoms with E-state index in [1.807, 2.05) is 0 Å². The summed E-state index contributed by atoms with van der Waals surface area (Å²) < 4.78 is 22.7. The van der Waals surface area contributed by atoms with Gasteiger partial charge in [-0.25, -0.2) is 13.6 Å². The molecule has 2 aliphatic rings. The highest BCUT2D eigenvalue weighted by atomic mass is 32.2. The molecule has 1 atom stereocenters. The van der Waals surface area contributed by atoms with Crippen LogP contribution in [0.25, 0.3) is 0 Å². The first-order valence-electron chi connectivity index (χ1n) is 6.50. The summed E-state index contributed by atoms with van der Waals surface area (Å²) in [6.07, 6.45) is 4.08. The Labute approximate surface area is 104 Å². The number of sulfonamides is 1. The Kier molecular flexibility index (Phi) is 4.41. The van der Waals surface area contributed by atoms with Crippen molar-refractivity contribution in [2.45, 2.75) is 30.9 Å². The second-order valence-corrected chi connectivity index (χ2v) is 7.15. The third-order valence-electron chi connectivity index (χ3n) is 3.90. The standard InChI is InChI=1S/C11H23N3O2S/c12-17(15,16)11-2-1-7-14(9-11)8-10-3-5-13-6-4-10/h10-11,13H,1-9H2,(H2,12,15,16). The summed E-state index contributed by atoms with van der Waals surface area (Å²) in [5.41, 5.74) is 0. The zero-order valence-corrected chi connectivity index (χ0v) is 11.1. The summed E-state index contributed by atoms with van der Waals surface area (Å²) in [5, 5.41) is 8.24. The smallest absolute Gasteiger partial charge is 0.213 e. The molecule has 2 fully saturated rings. The molecule has 0 bridgehead atoms. The van der Waals surface area contributed by atoms with Gasteiger partial charge in [0.2, 0.25) is 10.0 Å². The van der Waals surface area contributed by atoms with Crippen LogP contribution < -0.4 is 10.5 Å². The predicted molar refractivity (Wildman–Crippen MR) is 68.2 cm³/mol. The van der Waals surface area contributed by atoms with Crippen LogP contribution in [-0.2, 0) is 10.0 Å². The molecule has 2 aliphatic heterocycles. The topological polar surface area (TPSA) is 75.4 Å². The van der Waals surface area contributed by atoms with Crippen molar-refractivity contribution in [2.75, 3.05) is 32.7 Å². The number of likely N-dealkylation sites (tertiary alicyclic amines) is 1. The molecule has 5 nitrogen and oxygen atoms in total. The Morgan fingerprint density at radius 1 is 1.24 bits per heavy atom. The second kappa shape index (κ2) is 5.65. The Morgan fingerprint density at radius 3 is 2.59 bits per heavy atom. The summed E-state index contributed by atoms with van der Waals surface area (Å²) in [6.45, 7) is 4.88. The number of nitrogens with two attached hydrogens (primary N) is 1. The maximum Gasteiger partial charge on any atom is 0.213 e. The van der Waals surface area contributed by atoms with E-state index in [4.69, 9.17) is 5.14 Å². The van der Waals surface area contributed by atoms with Crippen LogP contribution >= 0.6 is 0 Å². The summed E-state index contributed by atoms with van der Waals surface area (Å²) >= 11 is 0. The Hall–Kier alpha value is -0.170. The van der Waals surface area contributed by atoms with Crippen LogP contribution in [0.5, 0.6) is 0 Å². The Bertz CT molecular complexity index is 339. The lowest BCUT2D eigenvalue weighted by Crippen LogP contribution is -2.47. The van der Waals surface area contributed by atoms with Gasteiger partial charge in [0.1, 0.15) is 0 Å². The third-order valence-corrected chi connectivity index (χ3v) is 5.22. The molecule has 0 aromatic rings. The SMILES string of the molecule is NS(=O)(=O)C1CCCN(CC2CCNCC2)C1. The van der Waals surface area contributed by atoms with Crippen molar-refractivity contribution >= 4 is 10.0 Å². The van der Waals surface area contributed by atoms with Crippen LogP contribution in [0.3, 0.4) is 0 Å². The summed E-state index contributed by atoms with van der Waals surface area (Å²) in [7, 11) is -3.35. The second-order valence-electron chi connectivity index (χ2n) is 5.31. The minimum atomic E-state index is -3.35. The van der Waals surface area contributed by atoms with Gasteiger partial charge in [0.15, 0.2) is 0 Å². The molecule has 0 saturated carbocycles. The number of hydrogen-bond acceptors (Lipinski definition) is 4. The molecule has 0 aromatic heterocycles. The van der Waals surface area contributed by atoms with E-state index in [0.717, 1.165) is 44.9 Å². The highest BCUT2D eigenvalue weighted by Gasteiger charge is 2.29. The van der Waals surface area contributed by atoms with E-state index in [9.17, 15) is 8.42 Å². The Balaban J connectivity index is 1.84. The molecule has 2 rings (SSSR count). The quantitative estimate of drug-likeness (QED) is 0.734. The van der Waals surface area contributed by atoms with Crippen LogP contribution in [0.4, 0.5) is 0 Å². The summed E-state index contributed by atoms with van der Waals surface area (Å²) in [5.74, 6) is 0.718. The minimum absolute atomic E-state index is 0.349. The lowest BCUT2D eigenvalue weighted by molar-refractivity contribution is 0.179. The molecule has 17 heavy (non-hydrogen) atoms. The van der Waals surface area contributed by atoms with Gasteiger partial charge in [0.25, 0.3) is 0 Å². The van der Waals surface area contributed by atoms with Gasteiger partial charge in [-0.15, -0.1) is 0 Å². The monoisotopic (exact) mass is 261 g/mol. The third kappa shape index (κ3) is 3.91. The summed E-state index contributed by atoms with van der Waals surface area (Å²) in [6, 6.07) is 0. The molecule has 0 amide bonds. The van der Waals surface area contributed by atoms with Crippen LogP contribution in [0.15, 0.2) is 0 Å². The van der Waals surface area contributed by atoms with Crippen molar-refractivity contribution < 1.29 is 8.42 Å². The van der Waals surface area contributed by atoms with Crippen molar-refractivity contribution in [3.63, 3.8) is 0 Å². The molecule has 0 aliphatic carbocycles. The van der Waals surface area contributed by atoms with Gasteiger partial charge in [-0.1, -0.05) is 0 Å². The number of primary sulfonamides is 1. The molecule has 6 heteroatoms. The fourth-order valence-corrected chi connectivity index (χ4v) is 3.79. The van der Waals surface area contributed by atoms with Crippen molar-refractivity contribution in [3.05, 3.63) is 0 Å². The predicted octanol–water partition coefficient (Wildman–Crippen LogP) is -0.261. The number of rotatable bonds is 3. The zero-order valence-electron chi connectivity index (χ0n) is 10.3. The normalized spacial score (nSPS) is 29.4. The fourth-order valence-electron chi connectivity index (χ4n) is 2.88. The first-order chi connectivity index (χ1) is 8.05. The van der Waals surface area contributed by atoms with Gasteiger partial charge >= 0.3 is 0 Å². The van der Waals surface area contributed by atoms with Gasteiger partial charge in [0.05, 0.1) is 5.25 Å². The maximum absolute atomic E-state index is 11.4. The molecule has 2 heterocycles. The molecular formula is C11H23N3O2S. The largest absolute Gasteiger partial charge is 0.317 e. The number of nitrogens with zero attached hydrogens (tertiary/aromatic N) is 1. The average molecular weight is 261 g/mol. The van der Waals surface area contributed by atoms with Crippen molar-refractivity contribution in [3.8, 4) is 0 Å². The molecule has 0 spiro atoms. The molecule has 1 unspecified atom stereocenters. The minimum Gasteiger partial charge on any atom is -0.317 e. The molecule has 0 radical (unpaired) electrons. The van der Waals surface area contributed by atoms with E-state index < -0.39 is 10.0 Å². The van der Waals surface area contributed by atoms with Crippen LogP contribution in [0, 0.1) is 5.92 Å². The Morgan fingerprint density at radius 2 is 1.94 bits per heavy atom. The maximum atomic E-state index is 11.4. The van der Waals surface area contributed by atoms with Gasteiger partial charge in [0, 0.05) is 13.1 Å². The van der Waals surface area contributed by atoms with Crippen LogP contribution in [-0.4, -0.2) is 51.3 Å². The highest BCUT2D eigenvalue weighted by Crippen LogP contribution is 2.19. The van der Waals surface area contributed by atoms with Gasteiger partial charge < -0.3 is 10.2 Å². The van der Waals surface area contributed by atoms with Crippen molar-refractivity contribution in [2.24, 2.45) is 11.1 Å². The molecule has 0 aromatic carbocycles. The first kappa shape index (κ1) is 13.3. The number of hydrogen-bond donors (Lipinski definition) is 2. The van der Waals surface area contributed by atoms with E-state index in [1.165, 1.54) is 12.8 Å². The van der Waals surface area contributed by atoms with E-state index in [0.29, 0.717) is 6.54 Å². The van der Waals surface area contributed by atoms with Gasteiger partial charge in [-0.05, 0) is 51.2 Å². The van der Waals surface area contributed by atoms with Crippen LogP contribution in [0.2, 0.25) is 0 Å². The number of nitrogens with one attached hydrogen (secondary N) is 1. The highest BCUT2D eigenvalue weighted by molar-refractivity contribution is 7.89. The van der Waals surface area contributed by atoms with E-state index >= 15 is 0 Å². The zero-order chi connectivity index (χ0) is 12.3. The van der Waals surface area contributed by atoms with Crippen molar-refractivity contribution in [1.82, 2.24) is 10.2 Å². The van der Waals surface area contributed by atoms with Crippen molar-refractivity contribution in [1.29, 1.82) is 0 Å².